The van der Waals surface area contributed by atoms with Crippen molar-refractivity contribution in [3.05, 3.63) is 11.9 Å². The first-order chi connectivity index (χ1) is 7.79. The Morgan fingerprint density at radius 1 is 1.50 bits per heavy atom. The molecule has 1 aromatic heterocycles. The molecule has 1 spiro atoms. The Bertz CT molecular complexity index is 382. The van der Waals surface area contributed by atoms with E-state index in [0.29, 0.717) is 11.1 Å². The van der Waals surface area contributed by atoms with Crippen LogP contribution in [0.15, 0.2) is 6.20 Å². The van der Waals surface area contributed by atoms with E-state index in [1.54, 1.807) is 0 Å². The number of carbonyl (C=O) groups excluding carboxylic acids is 1. The first kappa shape index (κ1) is 9.77. The summed E-state index contributed by atoms with van der Waals surface area (Å²) in [6, 6.07) is 0. The molecule has 16 heavy (non-hydrogen) atoms. The van der Waals surface area contributed by atoms with Crippen molar-refractivity contribution in [3.8, 4) is 0 Å². The van der Waals surface area contributed by atoms with E-state index < -0.39 is 0 Å². The lowest BCUT2D eigenvalue weighted by Gasteiger charge is -2.22. The minimum atomic E-state index is -0.00229. The fourth-order valence-electron chi connectivity index (χ4n) is 2.72. The van der Waals surface area contributed by atoms with Gasteiger partial charge in [-0.3, -0.25) is 4.79 Å². The number of amides is 1. The van der Waals surface area contributed by atoms with Crippen molar-refractivity contribution < 1.29 is 4.79 Å². The number of nitrogens with zero attached hydrogens (tertiary/aromatic N) is 3. The van der Waals surface area contributed by atoms with Crippen molar-refractivity contribution in [3.63, 3.8) is 0 Å². The molecule has 2 fully saturated rings. The maximum Gasteiger partial charge on any atom is 0.276 e. The van der Waals surface area contributed by atoms with Crippen LogP contribution in [0, 0.1) is 5.41 Å². The first-order valence-corrected chi connectivity index (χ1v) is 5.65. The summed E-state index contributed by atoms with van der Waals surface area (Å²) in [4.78, 5) is 13.9. The van der Waals surface area contributed by atoms with Crippen LogP contribution in [-0.4, -0.2) is 52.4 Å². The molecule has 6 nitrogen and oxygen atoms in total. The summed E-state index contributed by atoms with van der Waals surface area (Å²) in [6.45, 7) is 3.81. The molecule has 1 amide bonds. The number of hydrogen-bond acceptors (Lipinski definition) is 4. The van der Waals surface area contributed by atoms with Gasteiger partial charge in [0, 0.05) is 25.0 Å². The Labute approximate surface area is 93.4 Å². The van der Waals surface area contributed by atoms with Crippen LogP contribution in [0.3, 0.4) is 0 Å². The monoisotopic (exact) mass is 221 g/mol. The van der Waals surface area contributed by atoms with E-state index in [2.05, 4.69) is 20.7 Å². The Morgan fingerprint density at radius 2 is 2.44 bits per heavy atom. The summed E-state index contributed by atoms with van der Waals surface area (Å²) in [5.74, 6) is -0.00229. The average Bonchev–Trinajstić information content (AvgIpc) is 3.01. The lowest BCUT2D eigenvalue weighted by atomic mass is 9.87. The van der Waals surface area contributed by atoms with Crippen LogP contribution in [0.5, 0.6) is 0 Å². The smallest absolute Gasteiger partial charge is 0.276 e. The van der Waals surface area contributed by atoms with Gasteiger partial charge < -0.3 is 10.2 Å². The van der Waals surface area contributed by atoms with Gasteiger partial charge >= 0.3 is 0 Å². The zero-order valence-corrected chi connectivity index (χ0v) is 9.07. The predicted octanol–water partition coefficient (Wildman–Crippen LogP) is -0.370. The number of carbonyl (C=O) groups is 1. The van der Waals surface area contributed by atoms with E-state index in [0.717, 1.165) is 32.6 Å². The van der Waals surface area contributed by atoms with Gasteiger partial charge in [0.15, 0.2) is 5.69 Å². The molecule has 0 bridgehead atoms. The van der Waals surface area contributed by atoms with Crippen LogP contribution in [0.25, 0.3) is 0 Å². The fraction of sp³-hybridized carbons (Fsp3) is 0.700. The summed E-state index contributed by atoms with van der Waals surface area (Å²) < 4.78 is 0. The molecular weight excluding hydrogens is 206 g/mol. The van der Waals surface area contributed by atoms with Crippen LogP contribution in [0.2, 0.25) is 0 Å². The molecule has 0 radical (unpaired) electrons. The van der Waals surface area contributed by atoms with Crippen LogP contribution >= 0.6 is 0 Å². The molecule has 1 atom stereocenters. The number of likely N-dealkylation sites (tertiary alicyclic amines) is 1. The number of rotatable bonds is 1. The molecule has 0 saturated carbocycles. The third-order valence-corrected chi connectivity index (χ3v) is 3.69. The Balaban J connectivity index is 1.72. The molecule has 0 aliphatic carbocycles. The van der Waals surface area contributed by atoms with Crippen molar-refractivity contribution in [1.82, 2.24) is 25.6 Å². The third kappa shape index (κ3) is 1.49. The van der Waals surface area contributed by atoms with Crippen molar-refractivity contribution in [2.24, 2.45) is 5.41 Å². The highest BCUT2D eigenvalue weighted by molar-refractivity contribution is 5.92. The van der Waals surface area contributed by atoms with Gasteiger partial charge in [0.05, 0.1) is 6.20 Å². The molecule has 1 unspecified atom stereocenters. The van der Waals surface area contributed by atoms with Crippen LogP contribution < -0.4 is 5.32 Å². The molecular formula is C10H15N5O. The van der Waals surface area contributed by atoms with Gasteiger partial charge in [-0.1, -0.05) is 0 Å². The van der Waals surface area contributed by atoms with E-state index in [9.17, 15) is 4.79 Å². The molecule has 1 aromatic rings. The summed E-state index contributed by atoms with van der Waals surface area (Å²) in [6.07, 6.45) is 3.76. The van der Waals surface area contributed by atoms with Crippen LogP contribution in [0.4, 0.5) is 0 Å². The second-order valence-corrected chi connectivity index (χ2v) is 4.76. The topological polar surface area (TPSA) is 73.9 Å². The minimum absolute atomic E-state index is 0.00229. The zero-order chi connectivity index (χ0) is 11.0. The van der Waals surface area contributed by atoms with E-state index in [-0.39, 0.29) is 5.91 Å². The highest BCUT2D eigenvalue weighted by atomic mass is 16.2. The Kier molecular flexibility index (Phi) is 2.17. The standard InChI is InChI=1S/C10H15N5O/c16-9(8-5-12-14-13-8)15-4-2-10(7-15)1-3-11-6-10/h5,11H,1-4,6-7H2,(H,12,13,14). The molecule has 3 heterocycles. The second-order valence-electron chi connectivity index (χ2n) is 4.76. The summed E-state index contributed by atoms with van der Waals surface area (Å²) in [7, 11) is 0. The first-order valence-electron chi connectivity index (χ1n) is 5.65. The number of aromatic amines is 1. The highest BCUT2D eigenvalue weighted by Crippen LogP contribution is 2.36. The molecule has 2 N–H and O–H groups in total. The number of H-pyrrole nitrogens is 1. The number of nitrogens with one attached hydrogen (secondary N) is 2. The molecule has 2 aliphatic rings. The van der Waals surface area contributed by atoms with Gasteiger partial charge in [-0.25, -0.2) is 0 Å². The summed E-state index contributed by atoms with van der Waals surface area (Å²) >= 11 is 0. The van der Waals surface area contributed by atoms with E-state index in [1.807, 2.05) is 4.90 Å². The van der Waals surface area contributed by atoms with Crippen molar-refractivity contribution in [2.45, 2.75) is 12.8 Å². The molecule has 3 rings (SSSR count). The fourth-order valence-corrected chi connectivity index (χ4v) is 2.72. The molecule has 0 aromatic carbocycles. The molecule has 86 valence electrons. The van der Waals surface area contributed by atoms with Gasteiger partial charge in [-0.15, -0.1) is 0 Å². The van der Waals surface area contributed by atoms with Crippen LogP contribution in [-0.2, 0) is 0 Å². The Hall–Kier alpha value is -1.43. The van der Waals surface area contributed by atoms with E-state index in [4.69, 9.17) is 0 Å². The lowest BCUT2D eigenvalue weighted by molar-refractivity contribution is 0.0770. The largest absolute Gasteiger partial charge is 0.337 e. The van der Waals surface area contributed by atoms with Crippen molar-refractivity contribution in [2.75, 3.05) is 26.2 Å². The Morgan fingerprint density at radius 3 is 3.12 bits per heavy atom. The van der Waals surface area contributed by atoms with Crippen molar-refractivity contribution >= 4 is 5.91 Å². The number of hydrogen-bond donors (Lipinski definition) is 2. The van der Waals surface area contributed by atoms with Gasteiger partial charge in [0.25, 0.3) is 5.91 Å². The summed E-state index contributed by atoms with van der Waals surface area (Å²) in [5, 5.41) is 13.4. The lowest BCUT2D eigenvalue weighted by Crippen LogP contribution is -2.33. The normalized spacial score (nSPS) is 29.1. The highest BCUT2D eigenvalue weighted by Gasteiger charge is 2.42. The predicted molar refractivity (Wildman–Crippen MR) is 56.8 cm³/mol. The van der Waals surface area contributed by atoms with E-state index in [1.165, 1.54) is 12.6 Å². The average molecular weight is 221 g/mol. The third-order valence-electron chi connectivity index (χ3n) is 3.69. The molecule has 2 aliphatic heterocycles. The quantitative estimate of drug-likeness (QED) is 0.678. The van der Waals surface area contributed by atoms with Gasteiger partial charge in [-0.2, -0.15) is 15.4 Å². The van der Waals surface area contributed by atoms with Gasteiger partial charge in [-0.05, 0) is 19.4 Å². The maximum absolute atomic E-state index is 12.0. The second kappa shape index (κ2) is 3.55. The van der Waals surface area contributed by atoms with E-state index >= 15 is 0 Å². The minimum Gasteiger partial charge on any atom is -0.337 e. The molecule has 6 heteroatoms. The van der Waals surface area contributed by atoms with Crippen molar-refractivity contribution in [1.29, 1.82) is 0 Å². The van der Waals surface area contributed by atoms with Gasteiger partial charge in [0.1, 0.15) is 0 Å². The molecule has 2 saturated heterocycles. The zero-order valence-electron chi connectivity index (χ0n) is 9.07. The summed E-state index contributed by atoms with van der Waals surface area (Å²) in [5.41, 5.74) is 0.738. The maximum atomic E-state index is 12.0. The van der Waals surface area contributed by atoms with Gasteiger partial charge in [0.2, 0.25) is 0 Å². The SMILES string of the molecule is O=C(c1cn[nH]n1)N1CCC2(CCNC2)C1. The van der Waals surface area contributed by atoms with Crippen LogP contribution in [0.1, 0.15) is 23.3 Å². The number of aromatic nitrogens is 3.